The van der Waals surface area contributed by atoms with Gasteiger partial charge in [-0.15, -0.1) is 0 Å². The predicted molar refractivity (Wildman–Crippen MR) is 65.3 cm³/mol. The standard InChI is InChI=1S/C12H23N3/c1-5-10(9-13-4)15-11(6-2)12(3)7-8-14-12/h7-9,11,13-15H,5-6H2,1-4H3/b10-9+/t11-,12?/m0/s1. The van der Waals surface area contributed by atoms with Gasteiger partial charge in [-0.3, -0.25) is 0 Å². The minimum Gasteiger partial charge on any atom is -0.393 e. The third kappa shape index (κ3) is 2.67. The summed E-state index contributed by atoms with van der Waals surface area (Å²) in [6, 6.07) is 0.446. The van der Waals surface area contributed by atoms with Gasteiger partial charge in [-0.2, -0.15) is 0 Å². The van der Waals surface area contributed by atoms with Crippen molar-refractivity contribution in [3.05, 3.63) is 24.2 Å². The van der Waals surface area contributed by atoms with Crippen molar-refractivity contribution in [2.75, 3.05) is 7.05 Å². The van der Waals surface area contributed by atoms with Crippen molar-refractivity contribution in [2.45, 2.75) is 45.2 Å². The lowest BCUT2D eigenvalue weighted by Gasteiger charge is -2.41. The molecule has 1 aliphatic rings. The summed E-state index contributed by atoms with van der Waals surface area (Å²) in [5.74, 6) is 0. The van der Waals surface area contributed by atoms with Crippen molar-refractivity contribution < 1.29 is 0 Å². The van der Waals surface area contributed by atoms with Gasteiger partial charge in [0, 0.05) is 18.9 Å². The second kappa shape index (κ2) is 5.10. The Balaban J connectivity index is 2.60. The van der Waals surface area contributed by atoms with Crippen LogP contribution in [0.15, 0.2) is 24.2 Å². The molecule has 15 heavy (non-hydrogen) atoms. The van der Waals surface area contributed by atoms with Gasteiger partial charge in [0.15, 0.2) is 0 Å². The Morgan fingerprint density at radius 2 is 2.20 bits per heavy atom. The molecule has 0 aromatic carbocycles. The molecular formula is C12H23N3. The molecule has 0 aliphatic carbocycles. The monoisotopic (exact) mass is 209 g/mol. The first kappa shape index (κ1) is 12.0. The van der Waals surface area contributed by atoms with Crippen LogP contribution in [0, 0.1) is 0 Å². The number of allylic oxidation sites excluding steroid dienone is 1. The Kier molecular flexibility index (Phi) is 4.06. The molecular weight excluding hydrogens is 186 g/mol. The van der Waals surface area contributed by atoms with Gasteiger partial charge in [-0.05, 0) is 32.0 Å². The van der Waals surface area contributed by atoms with E-state index in [-0.39, 0.29) is 5.54 Å². The summed E-state index contributed by atoms with van der Waals surface area (Å²) >= 11 is 0. The number of hydrogen-bond acceptors (Lipinski definition) is 3. The summed E-state index contributed by atoms with van der Waals surface area (Å²) in [6.45, 7) is 6.60. The van der Waals surface area contributed by atoms with Crippen molar-refractivity contribution in [2.24, 2.45) is 0 Å². The van der Waals surface area contributed by atoms with Gasteiger partial charge in [-0.25, -0.2) is 0 Å². The fourth-order valence-corrected chi connectivity index (χ4v) is 1.88. The molecule has 0 spiro atoms. The highest BCUT2D eigenvalue weighted by Crippen LogP contribution is 2.22. The van der Waals surface area contributed by atoms with E-state index >= 15 is 0 Å². The molecule has 0 radical (unpaired) electrons. The van der Waals surface area contributed by atoms with Gasteiger partial charge in [-0.1, -0.05) is 13.8 Å². The van der Waals surface area contributed by atoms with E-state index in [2.05, 4.69) is 42.8 Å². The van der Waals surface area contributed by atoms with Crippen LogP contribution >= 0.6 is 0 Å². The van der Waals surface area contributed by atoms with Crippen LogP contribution in [-0.4, -0.2) is 18.6 Å². The summed E-state index contributed by atoms with van der Waals surface area (Å²) < 4.78 is 0. The van der Waals surface area contributed by atoms with E-state index in [1.54, 1.807) is 0 Å². The van der Waals surface area contributed by atoms with Crippen LogP contribution in [0.1, 0.15) is 33.6 Å². The fourth-order valence-electron chi connectivity index (χ4n) is 1.88. The SMILES string of the molecule is CC/C(=C\NC)N[C@@H](CC)C1(C)C=CN1. The van der Waals surface area contributed by atoms with E-state index in [4.69, 9.17) is 0 Å². The molecule has 1 aliphatic heterocycles. The zero-order chi connectivity index (χ0) is 11.3. The molecule has 0 amide bonds. The molecule has 0 saturated heterocycles. The lowest BCUT2D eigenvalue weighted by atomic mass is 9.86. The molecule has 0 saturated carbocycles. The van der Waals surface area contributed by atoms with Crippen molar-refractivity contribution in [1.82, 2.24) is 16.0 Å². The van der Waals surface area contributed by atoms with Crippen LogP contribution in [0.4, 0.5) is 0 Å². The minimum absolute atomic E-state index is 0.108. The summed E-state index contributed by atoms with van der Waals surface area (Å²) in [7, 11) is 1.93. The minimum atomic E-state index is 0.108. The van der Waals surface area contributed by atoms with E-state index in [1.165, 1.54) is 5.70 Å². The summed E-state index contributed by atoms with van der Waals surface area (Å²) in [5.41, 5.74) is 1.36. The zero-order valence-electron chi connectivity index (χ0n) is 10.2. The van der Waals surface area contributed by atoms with Gasteiger partial charge in [0.1, 0.15) is 0 Å². The van der Waals surface area contributed by atoms with Crippen molar-refractivity contribution >= 4 is 0 Å². The topological polar surface area (TPSA) is 36.1 Å². The normalized spacial score (nSPS) is 26.5. The summed E-state index contributed by atoms with van der Waals surface area (Å²) in [5, 5.41) is 10.0. The van der Waals surface area contributed by atoms with Crippen molar-refractivity contribution in [1.29, 1.82) is 0 Å². The third-order valence-electron chi connectivity index (χ3n) is 3.02. The second-order valence-electron chi connectivity index (χ2n) is 4.18. The van der Waals surface area contributed by atoms with E-state index in [0.717, 1.165) is 12.8 Å². The Bertz CT molecular complexity index is 258. The first-order chi connectivity index (χ1) is 7.16. The maximum atomic E-state index is 3.58. The number of nitrogens with one attached hydrogen (secondary N) is 3. The highest BCUT2D eigenvalue weighted by molar-refractivity contribution is 5.21. The molecule has 86 valence electrons. The van der Waals surface area contributed by atoms with Gasteiger partial charge in [0.2, 0.25) is 0 Å². The highest BCUT2D eigenvalue weighted by atomic mass is 15.1. The van der Waals surface area contributed by atoms with E-state index < -0.39 is 0 Å². The van der Waals surface area contributed by atoms with Crippen LogP contribution in [0.3, 0.4) is 0 Å². The van der Waals surface area contributed by atoms with E-state index in [0.29, 0.717) is 6.04 Å². The van der Waals surface area contributed by atoms with Crippen LogP contribution in [0.5, 0.6) is 0 Å². The molecule has 0 bridgehead atoms. The average Bonchev–Trinajstić information content (AvgIpc) is 2.21. The lowest BCUT2D eigenvalue weighted by molar-refractivity contribution is 0.318. The van der Waals surface area contributed by atoms with Crippen LogP contribution < -0.4 is 16.0 Å². The Labute approximate surface area is 93.0 Å². The Hall–Kier alpha value is -1.12. The zero-order valence-corrected chi connectivity index (χ0v) is 10.2. The number of hydrogen-bond donors (Lipinski definition) is 3. The lowest BCUT2D eigenvalue weighted by Crippen LogP contribution is -2.58. The molecule has 3 nitrogen and oxygen atoms in total. The Morgan fingerprint density at radius 3 is 2.53 bits per heavy atom. The summed E-state index contributed by atoms with van der Waals surface area (Å²) in [4.78, 5) is 0. The van der Waals surface area contributed by atoms with Crippen LogP contribution in [-0.2, 0) is 0 Å². The third-order valence-corrected chi connectivity index (χ3v) is 3.02. The molecule has 1 unspecified atom stereocenters. The summed E-state index contributed by atoms with van der Waals surface area (Å²) in [6.07, 6.45) is 8.40. The van der Waals surface area contributed by atoms with Gasteiger partial charge in [0.25, 0.3) is 0 Å². The predicted octanol–water partition coefficient (Wildman–Crippen LogP) is 1.70. The second-order valence-corrected chi connectivity index (χ2v) is 4.18. The molecule has 1 rings (SSSR count). The smallest absolute Gasteiger partial charge is 0.0740 e. The first-order valence-corrected chi connectivity index (χ1v) is 5.74. The van der Waals surface area contributed by atoms with Gasteiger partial charge < -0.3 is 16.0 Å². The molecule has 1 heterocycles. The van der Waals surface area contributed by atoms with Gasteiger partial charge in [0.05, 0.1) is 11.6 Å². The molecule has 3 heteroatoms. The van der Waals surface area contributed by atoms with Gasteiger partial charge >= 0.3 is 0 Å². The first-order valence-electron chi connectivity index (χ1n) is 5.74. The highest BCUT2D eigenvalue weighted by Gasteiger charge is 2.33. The molecule has 0 aromatic heterocycles. The maximum Gasteiger partial charge on any atom is 0.0740 e. The molecule has 3 N–H and O–H groups in total. The van der Waals surface area contributed by atoms with Crippen LogP contribution in [0.2, 0.25) is 0 Å². The Morgan fingerprint density at radius 1 is 1.53 bits per heavy atom. The maximum absolute atomic E-state index is 3.58. The fraction of sp³-hybridized carbons (Fsp3) is 0.667. The number of rotatable bonds is 6. The molecule has 0 fully saturated rings. The van der Waals surface area contributed by atoms with Crippen LogP contribution in [0.25, 0.3) is 0 Å². The average molecular weight is 209 g/mol. The van der Waals surface area contributed by atoms with E-state index in [9.17, 15) is 0 Å². The quantitative estimate of drug-likeness (QED) is 0.623. The van der Waals surface area contributed by atoms with E-state index in [1.807, 2.05) is 19.4 Å². The molecule has 0 aromatic rings. The molecule has 2 atom stereocenters. The van der Waals surface area contributed by atoms with Crippen molar-refractivity contribution in [3.63, 3.8) is 0 Å². The van der Waals surface area contributed by atoms with Crippen molar-refractivity contribution in [3.8, 4) is 0 Å². The largest absolute Gasteiger partial charge is 0.393 e.